The van der Waals surface area contributed by atoms with Crippen molar-refractivity contribution in [1.82, 2.24) is 0 Å². The Bertz CT molecular complexity index is 157. The van der Waals surface area contributed by atoms with Crippen LogP contribution in [0.3, 0.4) is 0 Å². The van der Waals surface area contributed by atoms with Gasteiger partial charge in [-0.2, -0.15) is 4.90 Å². The van der Waals surface area contributed by atoms with E-state index in [0.717, 1.165) is 9.37 Å². The van der Waals surface area contributed by atoms with Crippen LogP contribution in [0.15, 0.2) is 33.6 Å². The Hall–Kier alpha value is 0.976. The number of rotatable bonds is 0. The molecule has 0 aliphatic heterocycles. The van der Waals surface area contributed by atoms with Gasteiger partial charge in [0.1, 0.15) is 0 Å². The summed E-state index contributed by atoms with van der Waals surface area (Å²) in [5.74, 6) is 0. The molecule has 50 valence electrons. The minimum Gasteiger partial charge on any atom is -1.00 e. The van der Waals surface area contributed by atoms with Gasteiger partial charge in [0.25, 0.3) is 0 Å². The van der Waals surface area contributed by atoms with Crippen molar-refractivity contribution in [2.75, 3.05) is 0 Å². The molecule has 0 aliphatic carbocycles. The largest absolute Gasteiger partial charge is 2.00 e. The van der Waals surface area contributed by atoms with Gasteiger partial charge in [-0.3, -0.25) is 0 Å². The van der Waals surface area contributed by atoms with Crippen molar-refractivity contribution in [3.05, 3.63) is 28.7 Å². The summed E-state index contributed by atoms with van der Waals surface area (Å²) < 4.78 is 1.08. The first-order valence-electron chi connectivity index (χ1n) is 2.21. The van der Waals surface area contributed by atoms with Crippen molar-refractivity contribution >= 4 is 51.6 Å². The van der Waals surface area contributed by atoms with Crippen molar-refractivity contribution in [3.8, 4) is 0 Å². The van der Waals surface area contributed by atoms with Crippen LogP contribution in [0, 0.1) is 0 Å². The maximum Gasteiger partial charge on any atom is 2.00 e. The number of halogens is 2. The van der Waals surface area contributed by atoms with Gasteiger partial charge in [0.05, 0.1) is 0 Å². The molecule has 0 aromatic heterocycles. The van der Waals surface area contributed by atoms with Crippen molar-refractivity contribution in [2.24, 2.45) is 0 Å². The van der Waals surface area contributed by atoms with E-state index in [4.69, 9.17) is 12.6 Å². The van der Waals surface area contributed by atoms with Crippen LogP contribution in [0.1, 0.15) is 0 Å². The Balaban J connectivity index is 0. The van der Waals surface area contributed by atoms with Crippen molar-refractivity contribution in [2.45, 2.75) is 4.90 Å². The van der Waals surface area contributed by atoms with Gasteiger partial charge in [-0.15, -0.1) is 0 Å². The molecule has 1 aromatic rings. The fraction of sp³-hybridized carbons (Fsp3) is 0. The monoisotopic (exact) mass is 246 g/mol. The van der Waals surface area contributed by atoms with Gasteiger partial charge >= 0.3 is 23.1 Å². The fourth-order valence-electron chi connectivity index (χ4n) is 0.435. The Morgan fingerprint density at radius 2 is 1.50 bits per heavy atom. The maximum absolute atomic E-state index is 4.85. The van der Waals surface area contributed by atoms with Gasteiger partial charge in [-0.25, -0.2) is 0 Å². The van der Waals surface area contributed by atoms with Crippen molar-refractivity contribution < 1.29 is 12.4 Å². The molecule has 0 saturated carbocycles. The molecule has 1 rings (SSSR count). The van der Waals surface area contributed by atoms with Gasteiger partial charge in [0.15, 0.2) is 0 Å². The van der Waals surface area contributed by atoms with E-state index >= 15 is 0 Å². The summed E-state index contributed by atoms with van der Waals surface area (Å²) in [6.07, 6.45) is 0. The summed E-state index contributed by atoms with van der Waals surface area (Å²) in [4.78, 5) is 0.883. The second kappa shape index (κ2) is 6.67. The van der Waals surface area contributed by atoms with Gasteiger partial charge in [-0.05, 0) is 12.1 Å². The predicted octanol–water partition coefficient (Wildman–Crippen LogP) is -1.02. The summed E-state index contributed by atoms with van der Waals surface area (Å²) in [6, 6.07) is 7.64. The molecule has 0 fully saturated rings. The summed E-state index contributed by atoms with van der Waals surface area (Å²) in [6.45, 7) is 0. The van der Waals surface area contributed by atoms with Crippen LogP contribution in [0.25, 0.3) is 0 Å². The van der Waals surface area contributed by atoms with Crippen LogP contribution >= 0.6 is 15.9 Å². The van der Waals surface area contributed by atoms with E-state index in [9.17, 15) is 0 Å². The molecule has 0 amide bonds. The van der Waals surface area contributed by atoms with E-state index in [1.807, 2.05) is 24.3 Å². The quantitative estimate of drug-likeness (QED) is 0.418. The third kappa shape index (κ3) is 4.74. The molecule has 4 heteroatoms. The molecule has 0 atom stereocenters. The Morgan fingerprint density at radius 3 is 1.80 bits per heavy atom. The topological polar surface area (TPSA) is 0 Å². The zero-order valence-corrected chi connectivity index (χ0v) is 9.75. The normalized spacial score (nSPS) is 7.30. The van der Waals surface area contributed by atoms with Gasteiger partial charge < -0.3 is 25.0 Å². The van der Waals surface area contributed by atoms with Crippen LogP contribution in [-0.4, -0.2) is 23.1 Å². The second-order valence-electron chi connectivity index (χ2n) is 1.45. The molecule has 0 aliphatic rings. The molecular formula is C6H4BrClMgS. The summed E-state index contributed by atoms with van der Waals surface area (Å²) in [7, 11) is 0. The second-order valence-corrected chi connectivity index (χ2v) is 2.84. The van der Waals surface area contributed by atoms with Crippen LogP contribution in [0.2, 0.25) is 0 Å². The van der Waals surface area contributed by atoms with Crippen LogP contribution in [0.4, 0.5) is 0 Å². The third-order valence-electron chi connectivity index (χ3n) is 0.814. The minimum atomic E-state index is 0. The van der Waals surface area contributed by atoms with E-state index in [2.05, 4.69) is 15.9 Å². The maximum atomic E-state index is 4.85. The zero-order chi connectivity index (χ0) is 5.98. The molecule has 0 unspecified atom stereocenters. The Labute approximate surface area is 96.9 Å². The standard InChI is InChI=1S/C6H5BrS.ClH.Mg/c7-5-1-3-6(8)4-2-5;;/h1-4,8H;1H;/q;;+2/p-2. The molecule has 0 nitrogen and oxygen atoms in total. The minimum absolute atomic E-state index is 0. The predicted molar refractivity (Wildman–Crippen MR) is 45.5 cm³/mol. The van der Waals surface area contributed by atoms with Gasteiger partial charge in [0, 0.05) is 4.47 Å². The molecule has 0 spiro atoms. The van der Waals surface area contributed by atoms with Gasteiger partial charge in [0.2, 0.25) is 0 Å². The summed E-state index contributed by atoms with van der Waals surface area (Å²) in [5.41, 5.74) is 0. The summed E-state index contributed by atoms with van der Waals surface area (Å²) >= 11 is 8.15. The Kier molecular flexibility index (Phi) is 9.05. The van der Waals surface area contributed by atoms with Crippen LogP contribution in [-0.2, 0) is 12.6 Å². The van der Waals surface area contributed by atoms with E-state index in [1.54, 1.807) is 0 Å². The molecule has 0 radical (unpaired) electrons. The summed E-state index contributed by atoms with van der Waals surface area (Å²) in [5, 5.41) is 0. The van der Waals surface area contributed by atoms with E-state index in [1.165, 1.54) is 0 Å². The molecular weight excluding hydrogens is 244 g/mol. The molecule has 10 heavy (non-hydrogen) atoms. The Morgan fingerprint density at radius 1 is 1.10 bits per heavy atom. The zero-order valence-electron chi connectivity index (χ0n) is 5.18. The first-order valence-corrected chi connectivity index (χ1v) is 3.42. The molecule has 0 heterocycles. The fourth-order valence-corrected chi connectivity index (χ4v) is 0.835. The number of hydrogen-bond donors (Lipinski definition) is 0. The van der Waals surface area contributed by atoms with Crippen molar-refractivity contribution in [1.29, 1.82) is 0 Å². The molecule has 0 N–H and O–H groups in total. The third-order valence-corrected chi connectivity index (χ3v) is 1.61. The number of benzene rings is 1. The molecule has 0 saturated heterocycles. The SMILES string of the molecule is [Cl-].[Mg+2].[S-]c1ccc(Br)cc1. The van der Waals surface area contributed by atoms with Crippen LogP contribution in [0.5, 0.6) is 0 Å². The number of hydrogen-bond acceptors (Lipinski definition) is 1. The van der Waals surface area contributed by atoms with E-state index in [-0.39, 0.29) is 35.5 Å². The van der Waals surface area contributed by atoms with E-state index in [0.29, 0.717) is 0 Å². The first-order chi connectivity index (χ1) is 3.79. The van der Waals surface area contributed by atoms with E-state index < -0.39 is 0 Å². The average molecular weight is 248 g/mol. The average Bonchev–Trinajstić information content (AvgIpc) is 1.77. The van der Waals surface area contributed by atoms with Crippen molar-refractivity contribution in [3.63, 3.8) is 0 Å². The smallest absolute Gasteiger partial charge is 1.00 e. The molecule has 0 bridgehead atoms. The van der Waals surface area contributed by atoms with Gasteiger partial charge in [-0.1, -0.05) is 28.1 Å². The first kappa shape index (κ1) is 13.6. The molecule has 1 aromatic carbocycles. The van der Waals surface area contributed by atoms with Crippen LogP contribution < -0.4 is 12.4 Å².